The minimum absolute atomic E-state index is 0.0243. The van der Waals surface area contributed by atoms with E-state index in [0.29, 0.717) is 36.1 Å². The van der Waals surface area contributed by atoms with Gasteiger partial charge >= 0.3 is 0 Å². The Hall–Kier alpha value is -3.59. The number of rotatable bonds is 3. The highest BCUT2D eigenvalue weighted by atomic mass is 19.1. The quantitative estimate of drug-likeness (QED) is 0.417. The van der Waals surface area contributed by atoms with Gasteiger partial charge in [0.05, 0.1) is 6.10 Å². The third-order valence-corrected chi connectivity index (χ3v) is 7.03. The second kappa shape index (κ2) is 8.57. The Labute approximate surface area is 201 Å². The average Bonchev–Trinajstić information content (AvgIpc) is 3.33. The van der Waals surface area contributed by atoms with Crippen LogP contribution in [0.15, 0.2) is 48.9 Å². The predicted molar refractivity (Wildman–Crippen MR) is 129 cm³/mol. The van der Waals surface area contributed by atoms with Crippen molar-refractivity contribution in [3.63, 3.8) is 0 Å². The molecule has 5 heterocycles. The van der Waals surface area contributed by atoms with Crippen molar-refractivity contribution in [3.8, 4) is 11.3 Å². The van der Waals surface area contributed by atoms with Crippen LogP contribution < -0.4 is 10.6 Å². The number of halogens is 2. The number of aromatic nitrogens is 4. The first kappa shape index (κ1) is 21.9. The van der Waals surface area contributed by atoms with Crippen molar-refractivity contribution in [2.24, 2.45) is 0 Å². The van der Waals surface area contributed by atoms with Gasteiger partial charge in [-0.15, -0.1) is 0 Å². The number of imidazole rings is 1. The molecule has 6 rings (SSSR count). The van der Waals surface area contributed by atoms with E-state index in [1.165, 1.54) is 12.1 Å². The molecule has 2 N–H and O–H groups in total. The number of ether oxygens (including phenoxy) is 1. The number of anilines is 2. The molecule has 0 saturated carbocycles. The first-order valence-electron chi connectivity index (χ1n) is 11.9. The number of nitrogens with zero attached hydrogens (tertiary/aromatic N) is 4. The van der Waals surface area contributed by atoms with E-state index in [1.807, 2.05) is 35.9 Å². The summed E-state index contributed by atoms with van der Waals surface area (Å²) in [5.74, 6) is 0.0296. The fourth-order valence-electron chi connectivity index (χ4n) is 4.86. The molecular weight excluding hydrogens is 450 g/mol. The number of nitrogens with one attached hydrogen (secondary N) is 2. The topological polar surface area (TPSA) is 76.4 Å². The summed E-state index contributed by atoms with van der Waals surface area (Å²) in [7, 11) is 0. The third kappa shape index (κ3) is 3.99. The van der Waals surface area contributed by atoms with Gasteiger partial charge in [0.15, 0.2) is 5.82 Å². The third-order valence-electron chi connectivity index (χ3n) is 7.03. The van der Waals surface area contributed by atoms with E-state index in [9.17, 15) is 8.78 Å². The average molecular weight is 477 g/mol. The zero-order chi connectivity index (χ0) is 24.1. The maximum atomic E-state index is 14.9. The SMILES string of the molecule is CC1Nc2nc(C3CCOC(c4ccc5nccn5c4)C3)nc(-c3ccc(F)cc3F)c2NC1C. The van der Waals surface area contributed by atoms with Crippen LogP contribution in [0.5, 0.6) is 0 Å². The van der Waals surface area contributed by atoms with Crippen LogP contribution in [-0.2, 0) is 4.74 Å². The summed E-state index contributed by atoms with van der Waals surface area (Å²) >= 11 is 0. The maximum Gasteiger partial charge on any atom is 0.154 e. The summed E-state index contributed by atoms with van der Waals surface area (Å²) in [6.45, 7) is 4.67. The van der Waals surface area contributed by atoms with E-state index < -0.39 is 11.6 Å². The van der Waals surface area contributed by atoms with Gasteiger partial charge in [-0.05, 0) is 50.5 Å². The van der Waals surface area contributed by atoms with Crippen LogP contribution in [0.4, 0.5) is 20.3 Å². The van der Waals surface area contributed by atoms with E-state index in [2.05, 4.69) is 22.5 Å². The molecule has 1 saturated heterocycles. The van der Waals surface area contributed by atoms with Crippen molar-refractivity contribution in [3.05, 3.63) is 71.9 Å². The van der Waals surface area contributed by atoms with E-state index >= 15 is 0 Å². The van der Waals surface area contributed by atoms with Gasteiger partial charge in [-0.25, -0.2) is 23.7 Å². The van der Waals surface area contributed by atoms with Crippen molar-refractivity contribution in [1.29, 1.82) is 0 Å². The summed E-state index contributed by atoms with van der Waals surface area (Å²) in [5, 5.41) is 6.85. The van der Waals surface area contributed by atoms with Crippen molar-refractivity contribution >= 4 is 17.2 Å². The minimum atomic E-state index is -0.650. The van der Waals surface area contributed by atoms with Crippen LogP contribution in [0.3, 0.4) is 0 Å². The van der Waals surface area contributed by atoms with Gasteiger partial charge in [-0.3, -0.25) is 0 Å². The molecule has 4 unspecified atom stereocenters. The Morgan fingerprint density at radius 3 is 2.77 bits per heavy atom. The zero-order valence-electron chi connectivity index (χ0n) is 19.5. The molecule has 180 valence electrons. The van der Waals surface area contributed by atoms with Gasteiger partial charge < -0.3 is 19.8 Å². The van der Waals surface area contributed by atoms with Gasteiger partial charge in [-0.2, -0.15) is 0 Å². The molecule has 2 aliphatic heterocycles. The Balaban J connectivity index is 1.39. The minimum Gasteiger partial charge on any atom is -0.376 e. The number of pyridine rings is 1. The molecule has 3 aromatic heterocycles. The Morgan fingerprint density at radius 1 is 1.06 bits per heavy atom. The van der Waals surface area contributed by atoms with Crippen LogP contribution in [0, 0.1) is 11.6 Å². The lowest BCUT2D eigenvalue weighted by molar-refractivity contribution is 0.00377. The molecule has 0 radical (unpaired) electrons. The molecule has 4 atom stereocenters. The molecule has 1 fully saturated rings. The van der Waals surface area contributed by atoms with Gasteiger partial charge in [0.2, 0.25) is 0 Å². The number of fused-ring (bicyclic) bond motifs is 2. The Bertz CT molecular complexity index is 1410. The second-order valence-corrected chi connectivity index (χ2v) is 9.38. The van der Waals surface area contributed by atoms with Gasteiger partial charge in [0.1, 0.15) is 34.5 Å². The molecule has 0 spiro atoms. The Morgan fingerprint density at radius 2 is 1.91 bits per heavy atom. The first-order chi connectivity index (χ1) is 17.0. The fourth-order valence-corrected chi connectivity index (χ4v) is 4.86. The fraction of sp³-hybridized carbons (Fsp3) is 0.346. The lowest BCUT2D eigenvalue weighted by atomic mass is 9.91. The van der Waals surface area contributed by atoms with E-state index in [1.54, 1.807) is 6.20 Å². The lowest BCUT2D eigenvalue weighted by Crippen LogP contribution is -2.40. The number of benzene rings is 1. The highest BCUT2D eigenvalue weighted by Gasteiger charge is 2.32. The van der Waals surface area contributed by atoms with Gasteiger partial charge in [-0.1, -0.05) is 6.07 Å². The summed E-state index contributed by atoms with van der Waals surface area (Å²) < 4.78 is 36.6. The molecule has 2 aliphatic rings. The molecule has 0 bridgehead atoms. The molecule has 35 heavy (non-hydrogen) atoms. The van der Waals surface area contributed by atoms with Crippen LogP contribution in [0.2, 0.25) is 0 Å². The standard InChI is InChI=1S/C26H26F2N6O/c1-14-15(2)31-26-24(30-14)23(19-5-4-18(27)12-20(19)28)32-25(33-26)16-7-10-35-21(11-16)17-3-6-22-29-8-9-34(22)13-17/h3-6,8-9,12-16,21,30H,7,10-11H2,1-2H3,(H,31,32,33). The van der Waals surface area contributed by atoms with Crippen LogP contribution in [0.25, 0.3) is 16.9 Å². The summed E-state index contributed by atoms with van der Waals surface area (Å²) in [4.78, 5) is 14.0. The predicted octanol–water partition coefficient (Wildman–Crippen LogP) is 5.32. The molecule has 0 aliphatic carbocycles. The van der Waals surface area contributed by atoms with Gasteiger partial charge in [0, 0.05) is 54.8 Å². The molecular formula is C26H26F2N6O. The van der Waals surface area contributed by atoms with Crippen molar-refractivity contribution < 1.29 is 13.5 Å². The maximum absolute atomic E-state index is 14.9. The largest absolute Gasteiger partial charge is 0.376 e. The smallest absolute Gasteiger partial charge is 0.154 e. The second-order valence-electron chi connectivity index (χ2n) is 9.38. The van der Waals surface area contributed by atoms with Crippen LogP contribution in [0.1, 0.15) is 50.1 Å². The first-order valence-corrected chi connectivity index (χ1v) is 11.9. The van der Waals surface area contributed by atoms with Crippen molar-refractivity contribution in [1.82, 2.24) is 19.4 Å². The van der Waals surface area contributed by atoms with Crippen molar-refractivity contribution in [2.45, 2.75) is 50.8 Å². The van der Waals surface area contributed by atoms with Crippen LogP contribution in [-0.4, -0.2) is 38.0 Å². The highest BCUT2D eigenvalue weighted by Crippen LogP contribution is 2.41. The molecule has 9 heteroatoms. The summed E-state index contributed by atoms with van der Waals surface area (Å²) in [5.41, 5.74) is 3.27. The zero-order valence-corrected chi connectivity index (χ0v) is 19.5. The lowest BCUT2D eigenvalue weighted by Gasteiger charge is -2.34. The van der Waals surface area contributed by atoms with Crippen molar-refractivity contribution in [2.75, 3.05) is 17.2 Å². The highest BCUT2D eigenvalue weighted by molar-refractivity contribution is 5.84. The molecule has 1 aromatic carbocycles. The monoisotopic (exact) mass is 476 g/mol. The van der Waals surface area contributed by atoms with E-state index in [0.717, 1.165) is 23.7 Å². The Kier molecular flexibility index (Phi) is 5.36. The molecule has 0 amide bonds. The number of hydrogen-bond donors (Lipinski definition) is 2. The summed E-state index contributed by atoms with van der Waals surface area (Å²) in [6.07, 6.45) is 7.06. The normalized spacial score (nSPS) is 24.0. The number of hydrogen-bond acceptors (Lipinski definition) is 6. The molecule has 4 aromatic rings. The summed E-state index contributed by atoms with van der Waals surface area (Å²) in [6, 6.07) is 7.82. The van der Waals surface area contributed by atoms with Gasteiger partial charge in [0.25, 0.3) is 0 Å². The van der Waals surface area contributed by atoms with Crippen LogP contribution >= 0.6 is 0 Å². The van der Waals surface area contributed by atoms with E-state index in [-0.39, 0.29) is 29.7 Å². The molecule has 7 nitrogen and oxygen atoms in total. The van der Waals surface area contributed by atoms with E-state index in [4.69, 9.17) is 14.7 Å².